The summed E-state index contributed by atoms with van der Waals surface area (Å²) in [5, 5.41) is 10.7. The highest BCUT2D eigenvalue weighted by Gasteiger charge is 2.38. The molecular formula is C13H19N3O4S. The lowest BCUT2D eigenvalue weighted by Crippen LogP contribution is -2.35. The third-order valence-electron chi connectivity index (χ3n) is 3.88. The Hall–Kier alpha value is -1.51. The Labute approximate surface area is 123 Å². The highest BCUT2D eigenvalue weighted by molar-refractivity contribution is 7.88. The van der Waals surface area contributed by atoms with E-state index in [1.165, 1.54) is 22.5 Å². The molecule has 0 saturated carbocycles. The normalized spacial score (nSPS) is 23.3. The van der Waals surface area contributed by atoms with Gasteiger partial charge in [0.25, 0.3) is 5.69 Å². The molecule has 0 spiro atoms. The van der Waals surface area contributed by atoms with E-state index in [9.17, 15) is 18.5 Å². The van der Waals surface area contributed by atoms with E-state index in [0.717, 1.165) is 6.42 Å². The first-order chi connectivity index (χ1) is 9.76. The van der Waals surface area contributed by atoms with Gasteiger partial charge in [0.1, 0.15) is 0 Å². The molecule has 1 aliphatic rings. The van der Waals surface area contributed by atoms with Gasteiger partial charge in [-0.05, 0) is 23.9 Å². The van der Waals surface area contributed by atoms with Crippen LogP contribution in [0.1, 0.15) is 18.9 Å². The predicted molar refractivity (Wildman–Crippen MR) is 79.1 cm³/mol. The second-order valence-corrected chi connectivity index (χ2v) is 7.75. The van der Waals surface area contributed by atoms with Crippen LogP contribution in [-0.4, -0.2) is 37.3 Å². The van der Waals surface area contributed by atoms with Crippen molar-refractivity contribution in [2.45, 2.75) is 19.1 Å². The number of benzene rings is 1. The van der Waals surface area contributed by atoms with Crippen LogP contribution in [0.2, 0.25) is 0 Å². The van der Waals surface area contributed by atoms with E-state index in [4.69, 9.17) is 5.73 Å². The zero-order valence-electron chi connectivity index (χ0n) is 11.9. The monoisotopic (exact) mass is 313 g/mol. The van der Waals surface area contributed by atoms with Gasteiger partial charge in [-0.15, -0.1) is 0 Å². The lowest BCUT2D eigenvalue weighted by molar-refractivity contribution is -0.384. The molecule has 1 aromatic carbocycles. The third-order valence-corrected chi connectivity index (χ3v) is 5.68. The van der Waals surface area contributed by atoms with E-state index in [0.29, 0.717) is 25.2 Å². The SMILES string of the molecule is CC1(CN)CCN(S(=O)(=O)Cc2cccc([N+](=O)[O-])c2)C1. The molecule has 0 aromatic heterocycles. The Morgan fingerprint density at radius 1 is 1.48 bits per heavy atom. The molecule has 0 aliphatic carbocycles. The van der Waals surface area contributed by atoms with Crippen molar-refractivity contribution in [2.75, 3.05) is 19.6 Å². The number of rotatable bonds is 5. The standard InChI is InChI=1S/C13H19N3O4S/c1-13(9-14)5-6-15(10-13)21(19,20)8-11-3-2-4-12(7-11)16(17)18/h2-4,7H,5-6,8-10,14H2,1H3. The molecule has 1 atom stereocenters. The van der Waals surface area contributed by atoms with E-state index >= 15 is 0 Å². The third kappa shape index (κ3) is 3.58. The van der Waals surface area contributed by atoms with Crippen LogP contribution in [0.15, 0.2) is 24.3 Å². The first-order valence-corrected chi connectivity index (χ1v) is 8.28. The van der Waals surface area contributed by atoms with Gasteiger partial charge in [-0.2, -0.15) is 0 Å². The Bertz CT molecular complexity index is 647. The molecule has 0 amide bonds. The molecule has 21 heavy (non-hydrogen) atoms. The lowest BCUT2D eigenvalue weighted by Gasteiger charge is -2.22. The number of hydrogen-bond donors (Lipinski definition) is 1. The zero-order chi connectivity index (χ0) is 15.7. The van der Waals surface area contributed by atoms with Gasteiger partial charge in [-0.25, -0.2) is 12.7 Å². The first kappa shape index (κ1) is 15.9. The molecule has 1 saturated heterocycles. The van der Waals surface area contributed by atoms with Gasteiger partial charge in [0.05, 0.1) is 10.7 Å². The van der Waals surface area contributed by atoms with Gasteiger partial charge in [-0.3, -0.25) is 10.1 Å². The summed E-state index contributed by atoms with van der Waals surface area (Å²) in [6.07, 6.45) is 0.734. The van der Waals surface area contributed by atoms with E-state index < -0.39 is 14.9 Å². The summed E-state index contributed by atoms with van der Waals surface area (Å²) < 4.78 is 26.2. The Kier molecular flexibility index (Phi) is 4.31. The highest BCUT2D eigenvalue weighted by atomic mass is 32.2. The summed E-state index contributed by atoms with van der Waals surface area (Å²) in [6.45, 7) is 3.26. The van der Waals surface area contributed by atoms with Crippen molar-refractivity contribution in [3.63, 3.8) is 0 Å². The number of nitrogens with zero attached hydrogens (tertiary/aromatic N) is 2. The van der Waals surface area contributed by atoms with Crippen LogP contribution in [0.5, 0.6) is 0 Å². The molecule has 8 heteroatoms. The van der Waals surface area contributed by atoms with Crippen molar-refractivity contribution >= 4 is 15.7 Å². The number of nitrogens with two attached hydrogens (primary N) is 1. The van der Waals surface area contributed by atoms with Crippen LogP contribution in [0.4, 0.5) is 5.69 Å². The van der Waals surface area contributed by atoms with E-state index in [2.05, 4.69) is 0 Å². The molecule has 7 nitrogen and oxygen atoms in total. The summed E-state index contributed by atoms with van der Waals surface area (Å²) in [4.78, 5) is 10.2. The fraction of sp³-hybridized carbons (Fsp3) is 0.538. The van der Waals surface area contributed by atoms with Gasteiger partial charge >= 0.3 is 0 Å². The predicted octanol–water partition coefficient (Wildman–Crippen LogP) is 1.10. The molecule has 1 aliphatic heterocycles. The average Bonchev–Trinajstić information content (AvgIpc) is 2.83. The minimum atomic E-state index is -3.48. The molecule has 0 radical (unpaired) electrons. The highest BCUT2D eigenvalue weighted by Crippen LogP contribution is 2.31. The molecule has 0 bridgehead atoms. The van der Waals surface area contributed by atoms with Crippen LogP contribution in [-0.2, 0) is 15.8 Å². The zero-order valence-corrected chi connectivity index (χ0v) is 12.7. The van der Waals surface area contributed by atoms with Crippen molar-refractivity contribution in [3.8, 4) is 0 Å². The molecule has 2 rings (SSSR count). The largest absolute Gasteiger partial charge is 0.330 e. The molecule has 1 aromatic rings. The maximum atomic E-state index is 12.4. The molecule has 116 valence electrons. The smallest absolute Gasteiger partial charge is 0.269 e. The number of nitro benzene ring substituents is 1. The van der Waals surface area contributed by atoms with Crippen LogP contribution < -0.4 is 5.73 Å². The van der Waals surface area contributed by atoms with Gasteiger partial charge in [-0.1, -0.05) is 19.1 Å². The van der Waals surface area contributed by atoms with Crippen molar-refractivity contribution in [2.24, 2.45) is 11.1 Å². The molecular weight excluding hydrogens is 294 g/mol. The van der Waals surface area contributed by atoms with Crippen LogP contribution >= 0.6 is 0 Å². The summed E-state index contributed by atoms with van der Waals surface area (Å²) in [7, 11) is -3.48. The summed E-state index contributed by atoms with van der Waals surface area (Å²) in [5.74, 6) is -0.227. The fourth-order valence-corrected chi connectivity index (χ4v) is 4.11. The number of hydrogen-bond acceptors (Lipinski definition) is 5. The topological polar surface area (TPSA) is 107 Å². The van der Waals surface area contributed by atoms with Crippen molar-refractivity contribution < 1.29 is 13.3 Å². The Morgan fingerprint density at radius 2 is 2.19 bits per heavy atom. The molecule has 1 fully saturated rings. The van der Waals surface area contributed by atoms with Gasteiger partial charge in [0, 0.05) is 25.2 Å². The van der Waals surface area contributed by atoms with Crippen molar-refractivity contribution in [1.82, 2.24) is 4.31 Å². The van der Waals surface area contributed by atoms with Crippen molar-refractivity contribution in [3.05, 3.63) is 39.9 Å². The van der Waals surface area contributed by atoms with Gasteiger partial charge in [0.2, 0.25) is 10.0 Å². The Balaban J connectivity index is 2.15. The second kappa shape index (κ2) is 5.70. The average molecular weight is 313 g/mol. The second-order valence-electron chi connectivity index (χ2n) is 5.78. The summed E-state index contributed by atoms with van der Waals surface area (Å²) >= 11 is 0. The first-order valence-electron chi connectivity index (χ1n) is 6.67. The van der Waals surface area contributed by atoms with Gasteiger partial charge in [0.15, 0.2) is 0 Å². The van der Waals surface area contributed by atoms with Gasteiger partial charge < -0.3 is 5.73 Å². The van der Waals surface area contributed by atoms with Crippen molar-refractivity contribution in [1.29, 1.82) is 0 Å². The Morgan fingerprint density at radius 3 is 2.76 bits per heavy atom. The lowest BCUT2D eigenvalue weighted by atomic mass is 9.90. The molecule has 2 N–H and O–H groups in total. The number of nitro groups is 1. The maximum absolute atomic E-state index is 12.4. The van der Waals surface area contributed by atoms with Crippen LogP contribution in [0.25, 0.3) is 0 Å². The quantitative estimate of drug-likeness (QED) is 0.647. The van der Waals surface area contributed by atoms with E-state index in [-0.39, 0.29) is 16.9 Å². The molecule has 1 heterocycles. The number of non-ortho nitro benzene ring substituents is 1. The maximum Gasteiger partial charge on any atom is 0.269 e. The summed E-state index contributed by atoms with van der Waals surface area (Å²) in [6, 6.07) is 5.73. The van der Waals surface area contributed by atoms with Crippen LogP contribution in [0, 0.1) is 15.5 Å². The minimum absolute atomic E-state index is 0.101. The number of sulfonamides is 1. The van der Waals surface area contributed by atoms with E-state index in [1.807, 2.05) is 6.92 Å². The fourth-order valence-electron chi connectivity index (χ4n) is 2.44. The minimum Gasteiger partial charge on any atom is -0.330 e. The van der Waals surface area contributed by atoms with E-state index in [1.54, 1.807) is 6.07 Å². The van der Waals surface area contributed by atoms with Crippen LogP contribution in [0.3, 0.4) is 0 Å². The summed E-state index contributed by atoms with van der Waals surface area (Å²) in [5.41, 5.74) is 5.82. The molecule has 1 unspecified atom stereocenters.